The lowest BCUT2D eigenvalue weighted by Crippen LogP contribution is -2.54. The van der Waals surface area contributed by atoms with Crippen molar-refractivity contribution in [3.05, 3.63) is 126 Å². The summed E-state index contributed by atoms with van der Waals surface area (Å²) < 4.78 is 8.50. The Hall–Kier alpha value is -7.38. The highest BCUT2D eigenvalue weighted by atomic mass is 16.5. The van der Waals surface area contributed by atoms with Crippen molar-refractivity contribution in [2.45, 2.75) is 121 Å². The van der Waals surface area contributed by atoms with Gasteiger partial charge < -0.3 is 20.7 Å². The van der Waals surface area contributed by atoms with E-state index in [1.807, 2.05) is 90.3 Å². The fraction of sp³-hybridized carbons (Fsp3) is 0.396. The van der Waals surface area contributed by atoms with E-state index in [0.717, 1.165) is 65.2 Å². The van der Waals surface area contributed by atoms with Crippen LogP contribution in [0.3, 0.4) is 0 Å². The van der Waals surface area contributed by atoms with Gasteiger partial charge in [-0.05, 0) is 120 Å². The van der Waals surface area contributed by atoms with E-state index in [1.165, 1.54) is 0 Å². The van der Waals surface area contributed by atoms with E-state index in [9.17, 15) is 24.0 Å². The van der Waals surface area contributed by atoms with Crippen LogP contribution < -0.4 is 26.2 Å². The van der Waals surface area contributed by atoms with E-state index in [-0.39, 0.29) is 47.6 Å². The summed E-state index contributed by atoms with van der Waals surface area (Å²) in [6.45, 7) is 9.72. The number of pyridine rings is 1. The molecular weight excluding hydrogens is 873 g/mol. The summed E-state index contributed by atoms with van der Waals surface area (Å²) in [6.07, 6.45) is 11.1. The summed E-state index contributed by atoms with van der Waals surface area (Å²) >= 11 is 0. The number of fused-ring (bicyclic) bond motifs is 1. The number of ether oxygens (including phenoxy) is 1. The van der Waals surface area contributed by atoms with Gasteiger partial charge in [0.25, 0.3) is 11.8 Å². The second-order valence-corrected chi connectivity index (χ2v) is 19.0. The van der Waals surface area contributed by atoms with Crippen molar-refractivity contribution in [1.82, 2.24) is 30.3 Å². The number of imide groups is 2. The molecule has 1 saturated carbocycles. The number of nitrogens with one attached hydrogen (secondary N) is 4. The summed E-state index contributed by atoms with van der Waals surface area (Å²) in [5, 5.41) is 26.2. The first-order chi connectivity index (χ1) is 33.3. The maximum absolute atomic E-state index is 14.0. The third kappa shape index (κ3) is 11.0. The summed E-state index contributed by atoms with van der Waals surface area (Å²) in [6, 6.07) is 27.8. The van der Waals surface area contributed by atoms with Crippen molar-refractivity contribution < 1.29 is 28.7 Å². The minimum atomic E-state index is -1.03. The van der Waals surface area contributed by atoms with E-state index in [0.29, 0.717) is 43.8 Å². The van der Waals surface area contributed by atoms with E-state index >= 15 is 0 Å². The van der Waals surface area contributed by atoms with Gasteiger partial charge in [0.05, 0.1) is 34.0 Å². The molecule has 16 nitrogen and oxygen atoms in total. The van der Waals surface area contributed by atoms with Crippen LogP contribution >= 0.6 is 0 Å². The van der Waals surface area contributed by atoms with Crippen LogP contribution in [0.4, 0.5) is 22.0 Å². The minimum absolute atomic E-state index is 0.00261. The van der Waals surface area contributed by atoms with Crippen LogP contribution in [0, 0.1) is 11.3 Å². The molecule has 3 aromatic carbocycles. The van der Waals surface area contributed by atoms with Gasteiger partial charge in [-0.25, -0.2) is 9.78 Å². The molecule has 2 aliphatic heterocycles. The molecule has 2 fully saturated rings. The van der Waals surface area contributed by atoms with Gasteiger partial charge in [-0.15, -0.1) is 0 Å². The Morgan fingerprint density at radius 3 is 2.35 bits per heavy atom. The van der Waals surface area contributed by atoms with Crippen LogP contribution in [0.1, 0.15) is 117 Å². The lowest BCUT2D eigenvalue weighted by molar-refractivity contribution is -0.136. The van der Waals surface area contributed by atoms with Crippen molar-refractivity contribution in [2.24, 2.45) is 0 Å². The van der Waals surface area contributed by atoms with Gasteiger partial charge in [-0.1, -0.05) is 55.5 Å². The Morgan fingerprint density at radius 1 is 0.884 bits per heavy atom. The predicted octanol–water partition coefficient (Wildman–Crippen LogP) is 8.17. The van der Waals surface area contributed by atoms with E-state index in [4.69, 9.17) is 15.1 Å². The fourth-order valence-electron chi connectivity index (χ4n) is 9.40. The second kappa shape index (κ2) is 20.9. The number of amides is 6. The lowest BCUT2D eigenvalue weighted by Gasteiger charge is -2.37. The molecule has 69 heavy (non-hydrogen) atoms. The molecule has 5 aromatic rings. The molecule has 1 aliphatic carbocycles. The van der Waals surface area contributed by atoms with Gasteiger partial charge in [0.2, 0.25) is 11.8 Å². The fourth-order valence-corrected chi connectivity index (χ4v) is 9.40. The Bertz CT molecular complexity index is 2710. The number of rotatable bonds is 18. The zero-order chi connectivity index (χ0) is 48.7. The van der Waals surface area contributed by atoms with Gasteiger partial charge >= 0.3 is 6.03 Å². The standard InChI is InChI=1S/C53H60N10O6/c1-5-53(4,27-29-69-52(2,3)26-28-55-43-13-9-12-42-47(43)50(67)63(49(42)66)44-23-25-46(64)60-48(44)65)61-34-38(33-58-61)37-15-19-40(20-16-37)62(51(68)57-31-35-10-7-6-8-11-35)41-21-17-39(18-22-41)59-45-24-14-36(30-54)32-56-45/h6-16,19-20,24,32-34,39,41,44,55H,5,17-18,21-23,25-29,31H2,1-4H3,(H,56,59)(H,57,68)(H,60,64,65). The zero-order valence-electron chi connectivity index (χ0n) is 39.7. The number of carbonyl (C=O) groups is 5. The van der Waals surface area contributed by atoms with Crippen molar-refractivity contribution >= 4 is 46.9 Å². The SMILES string of the molecule is CCC(C)(CCOC(C)(C)CCNc1cccc2c1C(=O)N(C1CCC(=O)NC1=O)C2=O)n1cc(-c2ccc(N(C(=O)NCc3ccccc3)C3CCC(Nc4ccc(C#N)cn4)CC3)cc2)cn1. The van der Waals surface area contributed by atoms with Gasteiger partial charge in [0.1, 0.15) is 17.9 Å². The second-order valence-electron chi connectivity index (χ2n) is 19.0. The molecular formula is C53H60N10O6. The van der Waals surface area contributed by atoms with Crippen LogP contribution in [-0.2, 0) is 26.4 Å². The van der Waals surface area contributed by atoms with Crippen molar-refractivity contribution in [3.63, 3.8) is 0 Å². The number of piperidine rings is 1. The summed E-state index contributed by atoms with van der Waals surface area (Å²) in [7, 11) is 0. The van der Waals surface area contributed by atoms with E-state index in [2.05, 4.69) is 52.4 Å². The van der Waals surface area contributed by atoms with E-state index in [1.54, 1.807) is 30.5 Å². The molecule has 16 heteroatoms. The number of nitrogens with zero attached hydrogens (tertiary/aromatic N) is 6. The van der Waals surface area contributed by atoms with Crippen LogP contribution in [0.2, 0.25) is 0 Å². The van der Waals surface area contributed by atoms with Crippen LogP contribution in [0.5, 0.6) is 0 Å². The van der Waals surface area contributed by atoms with Crippen LogP contribution in [-0.4, -0.2) is 86.2 Å². The molecule has 6 amide bonds. The molecule has 0 spiro atoms. The Labute approximate surface area is 402 Å². The Kier molecular flexibility index (Phi) is 14.5. The predicted molar refractivity (Wildman–Crippen MR) is 262 cm³/mol. The molecule has 1 saturated heterocycles. The topological polar surface area (TPSA) is 204 Å². The van der Waals surface area contributed by atoms with E-state index < -0.39 is 35.3 Å². The summed E-state index contributed by atoms with van der Waals surface area (Å²) in [5.74, 6) is -1.41. The Morgan fingerprint density at radius 2 is 1.65 bits per heavy atom. The molecule has 2 unspecified atom stereocenters. The quantitative estimate of drug-likeness (QED) is 0.0617. The molecule has 4 N–H and O–H groups in total. The monoisotopic (exact) mass is 932 g/mol. The minimum Gasteiger partial charge on any atom is -0.384 e. The van der Waals surface area contributed by atoms with Crippen molar-refractivity contribution in [3.8, 4) is 17.2 Å². The zero-order valence-corrected chi connectivity index (χ0v) is 39.7. The van der Waals surface area contributed by atoms with Gasteiger partial charge in [0.15, 0.2) is 0 Å². The van der Waals surface area contributed by atoms with Crippen LogP contribution in [0.25, 0.3) is 11.1 Å². The number of anilines is 3. The van der Waals surface area contributed by atoms with Crippen LogP contribution in [0.15, 0.2) is 104 Å². The smallest absolute Gasteiger partial charge is 0.322 e. The number of hydrogen-bond acceptors (Lipinski definition) is 11. The molecule has 0 radical (unpaired) electrons. The highest BCUT2D eigenvalue weighted by Crippen LogP contribution is 2.35. The third-order valence-corrected chi connectivity index (χ3v) is 13.8. The maximum Gasteiger partial charge on any atom is 0.322 e. The average molecular weight is 933 g/mol. The summed E-state index contributed by atoms with van der Waals surface area (Å²) in [4.78, 5) is 72.4. The molecule has 4 heterocycles. The third-order valence-electron chi connectivity index (χ3n) is 13.8. The largest absolute Gasteiger partial charge is 0.384 e. The van der Waals surface area contributed by atoms with Gasteiger partial charge in [-0.2, -0.15) is 10.4 Å². The number of nitriles is 1. The normalized spacial score (nSPS) is 19.0. The number of carbonyl (C=O) groups excluding carboxylic acids is 5. The van der Waals surface area contributed by atoms with Gasteiger partial charge in [-0.3, -0.25) is 39.0 Å². The number of aromatic nitrogens is 3. The molecule has 2 aromatic heterocycles. The molecule has 0 bridgehead atoms. The Balaban J connectivity index is 0.866. The van der Waals surface area contributed by atoms with Gasteiger partial charge in [0, 0.05) is 67.5 Å². The first-order valence-corrected chi connectivity index (χ1v) is 23.9. The first kappa shape index (κ1) is 48.1. The molecule has 358 valence electrons. The summed E-state index contributed by atoms with van der Waals surface area (Å²) in [5.41, 5.74) is 4.42. The molecule has 3 aliphatic rings. The maximum atomic E-state index is 14.0. The number of hydrogen-bond donors (Lipinski definition) is 4. The highest BCUT2D eigenvalue weighted by Gasteiger charge is 2.45. The average Bonchev–Trinajstić information content (AvgIpc) is 3.96. The first-order valence-electron chi connectivity index (χ1n) is 23.9. The molecule has 2 atom stereocenters. The number of urea groups is 1. The molecule has 8 rings (SSSR count). The number of benzene rings is 3. The highest BCUT2D eigenvalue weighted by molar-refractivity contribution is 6.25. The van der Waals surface area contributed by atoms with Crippen molar-refractivity contribution in [2.75, 3.05) is 28.7 Å². The van der Waals surface area contributed by atoms with Crippen molar-refractivity contribution in [1.29, 1.82) is 5.26 Å². The lowest BCUT2D eigenvalue weighted by atomic mass is 9.89.